The molecule has 0 saturated heterocycles. The van der Waals surface area contributed by atoms with Crippen LogP contribution in [0.2, 0.25) is 0 Å². The van der Waals surface area contributed by atoms with E-state index < -0.39 is 0 Å². The third kappa shape index (κ3) is 2.30. The van der Waals surface area contributed by atoms with Gasteiger partial charge in [-0.25, -0.2) is 4.98 Å². The van der Waals surface area contributed by atoms with Gasteiger partial charge in [-0.05, 0) is 18.6 Å². The molecule has 0 saturated carbocycles. The van der Waals surface area contributed by atoms with Crippen LogP contribution in [0.5, 0.6) is 0 Å². The van der Waals surface area contributed by atoms with E-state index in [1.807, 2.05) is 13.0 Å². The number of esters is 1. The van der Waals surface area contributed by atoms with E-state index >= 15 is 0 Å². The lowest BCUT2D eigenvalue weighted by atomic mass is 10.1. The lowest BCUT2D eigenvalue weighted by molar-refractivity contribution is -0.139. The molecule has 4 nitrogen and oxygen atoms in total. The van der Waals surface area contributed by atoms with E-state index in [1.54, 1.807) is 12.1 Å². The van der Waals surface area contributed by atoms with Crippen LogP contribution in [0.3, 0.4) is 0 Å². The standard InChI is InChI=1S/C10H10N2O2/c1-7-3-4-8(6-11)12-9(7)5-10(13)14-2/h3-4H,5H2,1-2H3. The summed E-state index contributed by atoms with van der Waals surface area (Å²) in [7, 11) is 1.33. The molecule has 1 heterocycles. The van der Waals surface area contributed by atoms with Crippen LogP contribution in [0.25, 0.3) is 0 Å². The van der Waals surface area contributed by atoms with Gasteiger partial charge >= 0.3 is 5.97 Å². The van der Waals surface area contributed by atoms with Crippen LogP contribution in [0.1, 0.15) is 17.0 Å². The summed E-state index contributed by atoms with van der Waals surface area (Å²) >= 11 is 0. The van der Waals surface area contributed by atoms with E-state index in [4.69, 9.17) is 5.26 Å². The Labute approximate surface area is 82.1 Å². The SMILES string of the molecule is COC(=O)Cc1nc(C#N)ccc1C. The third-order valence-electron chi connectivity index (χ3n) is 1.86. The summed E-state index contributed by atoms with van der Waals surface area (Å²) in [5, 5.41) is 8.62. The summed E-state index contributed by atoms with van der Waals surface area (Å²) in [5.74, 6) is -0.351. The molecule has 0 aliphatic rings. The number of carbonyl (C=O) groups excluding carboxylic acids is 1. The minimum Gasteiger partial charge on any atom is -0.469 e. The van der Waals surface area contributed by atoms with E-state index in [2.05, 4.69) is 9.72 Å². The zero-order chi connectivity index (χ0) is 10.6. The predicted molar refractivity (Wildman–Crippen MR) is 49.4 cm³/mol. The number of aryl methyl sites for hydroxylation is 1. The molecule has 0 atom stereocenters. The van der Waals surface area contributed by atoms with Crippen LogP contribution < -0.4 is 0 Å². The molecule has 1 rings (SSSR count). The lowest BCUT2D eigenvalue weighted by Gasteiger charge is -2.03. The van der Waals surface area contributed by atoms with Gasteiger partial charge in [0, 0.05) is 0 Å². The number of pyridine rings is 1. The molecule has 0 aromatic carbocycles. The minimum absolute atomic E-state index is 0.109. The second kappa shape index (κ2) is 4.38. The van der Waals surface area contributed by atoms with Crippen molar-refractivity contribution < 1.29 is 9.53 Å². The maximum absolute atomic E-state index is 11.0. The van der Waals surface area contributed by atoms with Crippen molar-refractivity contribution in [2.45, 2.75) is 13.3 Å². The van der Waals surface area contributed by atoms with Crippen LogP contribution in [-0.2, 0) is 16.0 Å². The fourth-order valence-electron chi connectivity index (χ4n) is 1.02. The van der Waals surface area contributed by atoms with Crippen molar-refractivity contribution >= 4 is 5.97 Å². The second-order valence-electron chi connectivity index (χ2n) is 2.82. The molecule has 0 unspecified atom stereocenters. The van der Waals surface area contributed by atoms with Crippen molar-refractivity contribution in [3.8, 4) is 6.07 Å². The van der Waals surface area contributed by atoms with Crippen LogP contribution >= 0.6 is 0 Å². The van der Waals surface area contributed by atoms with Crippen molar-refractivity contribution in [1.82, 2.24) is 4.98 Å². The maximum atomic E-state index is 11.0. The highest BCUT2D eigenvalue weighted by Crippen LogP contribution is 2.07. The molecule has 0 N–H and O–H groups in total. The van der Waals surface area contributed by atoms with Crippen LogP contribution in [0, 0.1) is 18.3 Å². The first-order valence-electron chi connectivity index (χ1n) is 4.11. The van der Waals surface area contributed by atoms with E-state index in [0.29, 0.717) is 11.4 Å². The highest BCUT2D eigenvalue weighted by molar-refractivity contribution is 5.72. The maximum Gasteiger partial charge on any atom is 0.311 e. The fourth-order valence-corrected chi connectivity index (χ4v) is 1.02. The van der Waals surface area contributed by atoms with Gasteiger partial charge in [-0.1, -0.05) is 6.07 Å². The molecule has 1 aromatic heterocycles. The Morgan fingerprint density at radius 2 is 2.36 bits per heavy atom. The highest BCUT2D eigenvalue weighted by Gasteiger charge is 2.07. The van der Waals surface area contributed by atoms with Gasteiger partial charge in [-0.3, -0.25) is 4.79 Å². The van der Waals surface area contributed by atoms with Gasteiger partial charge in [0.2, 0.25) is 0 Å². The molecule has 0 radical (unpaired) electrons. The van der Waals surface area contributed by atoms with E-state index in [9.17, 15) is 4.79 Å². The summed E-state index contributed by atoms with van der Waals surface area (Å²) < 4.78 is 4.52. The largest absolute Gasteiger partial charge is 0.469 e. The van der Waals surface area contributed by atoms with Gasteiger partial charge in [0.15, 0.2) is 0 Å². The van der Waals surface area contributed by atoms with E-state index in [1.165, 1.54) is 7.11 Å². The predicted octanol–water partition coefficient (Wildman–Crippen LogP) is 0.977. The summed E-state index contributed by atoms with van der Waals surface area (Å²) in [5.41, 5.74) is 1.79. The molecular formula is C10H10N2O2. The lowest BCUT2D eigenvalue weighted by Crippen LogP contribution is -2.08. The van der Waals surface area contributed by atoms with E-state index in [-0.39, 0.29) is 12.4 Å². The Kier molecular flexibility index (Phi) is 3.19. The quantitative estimate of drug-likeness (QED) is 0.652. The first kappa shape index (κ1) is 10.2. The van der Waals surface area contributed by atoms with Gasteiger partial charge < -0.3 is 4.74 Å². The van der Waals surface area contributed by atoms with Crippen molar-refractivity contribution in [2.24, 2.45) is 0 Å². The number of hydrogen-bond donors (Lipinski definition) is 0. The smallest absolute Gasteiger partial charge is 0.311 e. The van der Waals surface area contributed by atoms with Gasteiger partial charge in [-0.15, -0.1) is 0 Å². The Morgan fingerprint density at radius 1 is 1.64 bits per heavy atom. The van der Waals surface area contributed by atoms with Crippen molar-refractivity contribution in [3.63, 3.8) is 0 Å². The molecule has 0 amide bonds. The average Bonchev–Trinajstić information content (AvgIpc) is 2.21. The van der Waals surface area contributed by atoms with Gasteiger partial charge in [0.25, 0.3) is 0 Å². The van der Waals surface area contributed by atoms with Crippen LogP contribution in [-0.4, -0.2) is 18.1 Å². The average molecular weight is 190 g/mol. The highest BCUT2D eigenvalue weighted by atomic mass is 16.5. The molecule has 72 valence electrons. The molecule has 0 bridgehead atoms. The number of ether oxygens (including phenoxy) is 1. The van der Waals surface area contributed by atoms with Crippen molar-refractivity contribution in [1.29, 1.82) is 5.26 Å². The Hall–Kier alpha value is -1.89. The number of nitriles is 1. The van der Waals surface area contributed by atoms with Gasteiger partial charge in [0.1, 0.15) is 11.8 Å². The van der Waals surface area contributed by atoms with Crippen LogP contribution in [0.4, 0.5) is 0 Å². The van der Waals surface area contributed by atoms with Gasteiger partial charge in [-0.2, -0.15) is 5.26 Å². The molecule has 0 spiro atoms. The molecule has 4 heteroatoms. The van der Waals surface area contributed by atoms with Gasteiger partial charge in [0.05, 0.1) is 19.2 Å². The molecule has 0 aliphatic heterocycles. The Balaban J connectivity index is 2.96. The number of carbonyl (C=O) groups is 1. The Morgan fingerprint density at radius 3 is 2.93 bits per heavy atom. The normalized spacial score (nSPS) is 9.21. The number of nitrogens with zero attached hydrogens (tertiary/aromatic N) is 2. The Bertz CT molecular complexity index is 394. The number of rotatable bonds is 2. The molecule has 1 aromatic rings. The molecule has 14 heavy (non-hydrogen) atoms. The van der Waals surface area contributed by atoms with Crippen molar-refractivity contribution in [3.05, 3.63) is 29.1 Å². The number of aromatic nitrogens is 1. The summed E-state index contributed by atoms with van der Waals surface area (Å²) in [4.78, 5) is 15.0. The summed E-state index contributed by atoms with van der Waals surface area (Å²) in [6.45, 7) is 1.84. The van der Waals surface area contributed by atoms with Crippen molar-refractivity contribution in [2.75, 3.05) is 7.11 Å². The monoisotopic (exact) mass is 190 g/mol. The summed E-state index contributed by atoms with van der Waals surface area (Å²) in [6.07, 6.45) is 0.109. The molecule has 0 aliphatic carbocycles. The summed E-state index contributed by atoms with van der Waals surface area (Å²) in [6, 6.07) is 5.31. The zero-order valence-electron chi connectivity index (χ0n) is 8.07. The van der Waals surface area contributed by atoms with E-state index in [0.717, 1.165) is 5.56 Å². The topological polar surface area (TPSA) is 63.0 Å². The first-order chi connectivity index (χ1) is 6.67. The fraction of sp³-hybridized carbons (Fsp3) is 0.300. The second-order valence-corrected chi connectivity index (χ2v) is 2.82. The number of methoxy groups -OCH3 is 1. The third-order valence-corrected chi connectivity index (χ3v) is 1.86. The molecular weight excluding hydrogens is 180 g/mol. The minimum atomic E-state index is -0.351. The zero-order valence-corrected chi connectivity index (χ0v) is 8.07. The first-order valence-corrected chi connectivity index (χ1v) is 4.11. The number of hydrogen-bond acceptors (Lipinski definition) is 4. The van der Waals surface area contributed by atoms with Crippen LogP contribution in [0.15, 0.2) is 12.1 Å². The molecule has 0 fully saturated rings.